The second-order valence-electron chi connectivity index (χ2n) is 4.25. The molecule has 1 rings (SSSR count). The summed E-state index contributed by atoms with van der Waals surface area (Å²) in [6, 6.07) is 5.52. The van der Waals surface area contributed by atoms with Crippen LogP contribution in [0.2, 0.25) is 0 Å². The molecule has 0 heterocycles. The van der Waals surface area contributed by atoms with Crippen molar-refractivity contribution in [2.75, 3.05) is 5.32 Å². The molecule has 5 N–H and O–H groups in total. The number of nitrogens with two attached hydrogens (primary N) is 2. The minimum Gasteiger partial charge on any atom is -0.325 e. The molecule has 94 valence electrons. The highest BCUT2D eigenvalue weighted by Gasteiger charge is 2.21. The molecule has 0 saturated carbocycles. The number of amides is 1. The summed E-state index contributed by atoms with van der Waals surface area (Å²) in [5, 5.41) is 7.50. The lowest BCUT2D eigenvalue weighted by molar-refractivity contribution is -0.120. The van der Waals surface area contributed by atoms with Gasteiger partial charge < -0.3 is 11.1 Å². The monoisotopic (exact) mass is 257 g/mol. The second kappa shape index (κ2) is 4.44. The maximum Gasteiger partial charge on any atom is 0.243 e. The van der Waals surface area contributed by atoms with E-state index >= 15 is 0 Å². The van der Waals surface area contributed by atoms with Crippen LogP contribution in [-0.4, -0.2) is 19.9 Å². The zero-order chi connectivity index (χ0) is 13.3. The Morgan fingerprint density at radius 3 is 2.06 bits per heavy atom. The van der Waals surface area contributed by atoms with E-state index in [-0.39, 0.29) is 10.8 Å². The zero-order valence-electron chi connectivity index (χ0n) is 9.60. The first-order chi connectivity index (χ1) is 7.60. The van der Waals surface area contributed by atoms with Crippen LogP contribution in [-0.2, 0) is 14.8 Å². The fourth-order valence-corrected chi connectivity index (χ4v) is 1.54. The SMILES string of the molecule is CC(C)(N)C(=O)Nc1ccc(S(N)(=O)=O)cc1. The molecule has 0 aliphatic rings. The molecule has 17 heavy (non-hydrogen) atoms. The Labute approximate surface area is 100 Å². The van der Waals surface area contributed by atoms with Gasteiger partial charge in [0.15, 0.2) is 0 Å². The number of carbonyl (C=O) groups excluding carboxylic acids is 1. The number of benzene rings is 1. The third-order valence-corrected chi connectivity index (χ3v) is 2.96. The molecule has 0 fully saturated rings. The van der Waals surface area contributed by atoms with Gasteiger partial charge in [-0.1, -0.05) is 0 Å². The number of hydrogen-bond acceptors (Lipinski definition) is 4. The molecule has 1 aromatic carbocycles. The average molecular weight is 257 g/mol. The summed E-state index contributed by atoms with van der Waals surface area (Å²) in [5.74, 6) is -0.360. The van der Waals surface area contributed by atoms with E-state index in [1.165, 1.54) is 24.3 Å². The second-order valence-corrected chi connectivity index (χ2v) is 5.81. The van der Waals surface area contributed by atoms with Gasteiger partial charge in [0.1, 0.15) is 0 Å². The van der Waals surface area contributed by atoms with Crippen molar-refractivity contribution in [2.24, 2.45) is 10.9 Å². The highest BCUT2D eigenvalue weighted by Crippen LogP contribution is 2.13. The van der Waals surface area contributed by atoms with Gasteiger partial charge in [-0.15, -0.1) is 0 Å². The van der Waals surface area contributed by atoms with E-state index in [4.69, 9.17) is 10.9 Å². The van der Waals surface area contributed by atoms with Crippen molar-refractivity contribution in [3.8, 4) is 0 Å². The highest BCUT2D eigenvalue weighted by molar-refractivity contribution is 7.89. The molecule has 0 aliphatic carbocycles. The Bertz CT molecular complexity index is 515. The number of anilines is 1. The summed E-state index contributed by atoms with van der Waals surface area (Å²) < 4.78 is 22.0. The Morgan fingerprint density at radius 1 is 1.24 bits per heavy atom. The number of primary sulfonamides is 1. The minimum atomic E-state index is -3.71. The molecule has 0 unspecified atom stereocenters. The Morgan fingerprint density at radius 2 is 1.71 bits per heavy atom. The van der Waals surface area contributed by atoms with Crippen LogP contribution in [0.15, 0.2) is 29.2 Å². The summed E-state index contributed by atoms with van der Waals surface area (Å²) in [5.41, 5.74) is 5.06. The van der Waals surface area contributed by atoms with Gasteiger partial charge in [-0.2, -0.15) is 0 Å². The van der Waals surface area contributed by atoms with Crippen LogP contribution in [0.3, 0.4) is 0 Å². The number of carbonyl (C=O) groups is 1. The van der Waals surface area contributed by atoms with Gasteiger partial charge in [-0.3, -0.25) is 4.79 Å². The van der Waals surface area contributed by atoms with Gasteiger partial charge in [0.25, 0.3) is 0 Å². The summed E-state index contributed by atoms with van der Waals surface area (Å²) in [4.78, 5) is 11.5. The van der Waals surface area contributed by atoms with E-state index in [2.05, 4.69) is 5.32 Å². The standard InChI is InChI=1S/C10H15N3O3S/c1-10(2,11)9(14)13-7-3-5-8(6-4-7)17(12,15)16/h3-6H,11H2,1-2H3,(H,13,14)(H2,12,15,16). The van der Waals surface area contributed by atoms with E-state index < -0.39 is 15.6 Å². The number of hydrogen-bond donors (Lipinski definition) is 3. The van der Waals surface area contributed by atoms with E-state index in [1.54, 1.807) is 13.8 Å². The fourth-order valence-electron chi connectivity index (χ4n) is 1.02. The van der Waals surface area contributed by atoms with Crippen LogP contribution in [0, 0.1) is 0 Å². The van der Waals surface area contributed by atoms with Crippen molar-refractivity contribution < 1.29 is 13.2 Å². The zero-order valence-corrected chi connectivity index (χ0v) is 10.4. The minimum absolute atomic E-state index is 0.0116. The van der Waals surface area contributed by atoms with Gasteiger partial charge in [0.05, 0.1) is 10.4 Å². The first-order valence-electron chi connectivity index (χ1n) is 4.84. The van der Waals surface area contributed by atoms with Crippen LogP contribution >= 0.6 is 0 Å². The predicted molar refractivity (Wildman–Crippen MR) is 64.7 cm³/mol. The molecule has 6 nitrogen and oxygen atoms in total. The van der Waals surface area contributed by atoms with Gasteiger partial charge in [-0.05, 0) is 38.1 Å². The lowest BCUT2D eigenvalue weighted by Gasteiger charge is -2.17. The topological polar surface area (TPSA) is 115 Å². The average Bonchev–Trinajstić information content (AvgIpc) is 2.15. The quantitative estimate of drug-likeness (QED) is 0.707. The van der Waals surface area contributed by atoms with E-state index in [0.717, 1.165) is 0 Å². The Hall–Kier alpha value is -1.44. The molecule has 0 aromatic heterocycles. The van der Waals surface area contributed by atoms with Gasteiger partial charge in [0, 0.05) is 5.69 Å². The van der Waals surface area contributed by atoms with Crippen LogP contribution in [0.25, 0.3) is 0 Å². The predicted octanol–water partition coefficient (Wildman–Crippen LogP) is 0.00980. The number of nitrogens with one attached hydrogen (secondary N) is 1. The van der Waals surface area contributed by atoms with E-state index in [1.807, 2.05) is 0 Å². The van der Waals surface area contributed by atoms with Crippen LogP contribution in [0.1, 0.15) is 13.8 Å². The molecule has 7 heteroatoms. The number of rotatable bonds is 3. The van der Waals surface area contributed by atoms with Crippen LogP contribution in [0.5, 0.6) is 0 Å². The molecule has 0 atom stereocenters. The fraction of sp³-hybridized carbons (Fsp3) is 0.300. The number of sulfonamides is 1. The van der Waals surface area contributed by atoms with Crippen molar-refractivity contribution >= 4 is 21.6 Å². The summed E-state index contributed by atoms with van der Waals surface area (Å²) in [7, 11) is -3.71. The summed E-state index contributed by atoms with van der Waals surface area (Å²) >= 11 is 0. The summed E-state index contributed by atoms with van der Waals surface area (Å²) in [6.45, 7) is 3.14. The first-order valence-corrected chi connectivity index (χ1v) is 6.38. The molecular weight excluding hydrogens is 242 g/mol. The Kier molecular flexibility index (Phi) is 3.56. The van der Waals surface area contributed by atoms with Crippen molar-refractivity contribution in [3.05, 3.63) is 24.3 Å². The third-order valence-electron chi connectivity index (χ3n) is 2.03. The molecule has 1 amide bonds. The van der Waals surface area contributed by atoms with Crippen LogP contribution in [0.4, 0.5) is 5.69 Å². The lowest BCUT2D eigenvalue weighted by atomic mass is 10.1. The highest BCUT2D eigenvalue weighted by atomic mass is 32.2. The third kappa shape index (κ3) is 3.81. The van der Waals surface area contributed by atoms with Crippen molar-refractivity contribution in [3.63, 3.8) is 0 Å². The summed E-state index contributed by atoms with van der Waals surface area (Å²) in [6.07, 6.45) is 0. The van der Waals surface area contributed by atoms with Crippen molar-refractivity contribution in [2.45, 2.75) is 24.3 Å². The maximum atomic E-state index is 11.5. The molecule has 0 aliphatic heterocycles. The van der Waals surface area contributed by atoms with Crippen molar-refractivity contribution in [1.29, 1.82) is 0 Å². The maximum absolute atomic E-state index is 11.5. The molecule has 0 radical (unpaired) electrons. The van der Waals surface area contributed by atoms with E-state index in [9.17, 15) is 13.2 Å². The lowest BCUT2D eigenvalue weighted by Crippen LogP contribution is -2.45. The molecule has 0 saturated heterocycles. The molecule has 0 bridgehead atoms. The smallest absolute Gasteiger partial charge is 0.243 e. The van der Waals surface area contributed by atoms with Gasteiger partial charge >= 0.3 is 0 Å². The first kappa shape index (κ1) is 13.6. The van der Waals surface area contributed by atoms with Crippen LogP contribution < -0.4 is 16.2 Å². The Balaban J connectivity index is 2.87. The molecular formula is C10H15N3O3S. The molecule has 0 spiro atoms. The van der Waals surface area contributed by atoms with E-state index in [0.29, 0.717) is 5.69 Å². The van der Waals surface area contributed by atoms with Crippen molar-refractivity contribution in [1.82, 2.24) is 0 Å². The normalized spacial score (nSPS) is 12.2. The molecule has 1 aromatic rings. The van der Waals surface area contributed by atoms with Gasteiger partial charge in [0.2, 0.25) is 15.9 Å². The van der Waals surface area contributed by atoms with Gasteiger partial charge in [-0.25, -0.2) is 13.6 Å². The largest absolute Gasteiger partial charge is 0.325 e.